The fraction of sp³-hybridized carbons (Fsp3) is 1.00. The Hall–Kier alpha value is -0.420. The third kappa shape index (κ3) is 1.95. The Morgan fingerprint density at radius 1 is 0.800 bits per heavy atom. The van der Waals surface area contributed by atoms with Gasteiger partial charge in [-0.25, -0.2) is 16.8 Å². The van der Waals surface area contributed by atoms with Gasteiger partial charge in [-0.05, 0) is 0 Å². The van der Waals surface area contributed by atoms with Crippen LogP contribution in [0.5, 0.6) is 0 Å². The molecule has 90 valence electrons. The Morgan fingerprint density at radius 3 is 1.33 bits per heavy atom. The molecule has 1 aliphatic heterocycles. The van der Waals surface area contributed by atoms with Gasteiger partial charge < -0.3 is 0 Å². The molecule has 0 saturated carbocycles. The predicted octanol–water partition coefficient (Wildman–Crippen LogP) is 0.215. The lowest BCUT2D eigenvalue weighted by Crippen LogP contribution is -2.43. The molecule has 0 aromatic heterocycles. The van der Waals surface area contributed by atoms with Gasteiger partial charge in [-0.1, -0.05) is 4.13 Å². The van der Waals surface area contributed by atoms with Crippen molar-refractivity contribution >= 4 is 20.0 Å². The SMILES string of the molecule is O=S1(=O)NS(=O)(=O)C(F)(F)CCC1(F)F. The van der Waals surface area contributed by atoms with Crippen LogP contribution in [0.4, 0.5) is 17.6 Å². The van der Waals surface area contributed by atoms with Gasteiger partial charge >= 0.3 is 10.5 Å². The van der Waals surface area contributed by atoms with Gasteiger partial charge in [-0.3, -0.25) is 0 Å². The molecule has 0 bridgehead atoms. The summed E-state index contributed by atoms with van der Waals surface area (Å²) in [5.74, 6) is 0. The molecule has 0 spiro atoms. The van der Waals surface area contributed by atoms with Crippen LogP contribution in [0.25, 0.3) is 0 Å². The second-order valence-electron chi connectivity index (χ2n) is 2.86. The molecule has 0 aromatic carbocycles. The number of alkyl halides is 4. The molecule has 0 radical (unpaired) electrons. The Kier molecular flexibility index (Phi) is 2.57. The molecule has 0 atom stereocenters. The van der Waals surface area contributed by atoms with Crippen LogP contribution in [0, 0.1) is 0 Å². The summed E-state index contributed by atoms with van der Waals surface area (Å²) in [6.45, 7) is 0. The van der Waals surface area contributed by atoms with Crippen molar-refractivity contribution in [2.45, 2.75) is 23.4 Å². The highest BCUT2D eigenvalue weighted by atomic mass is 32.3. The maximum atomic E-state index is 12.7. The highest BCUT2D eigenvalue weighted by molar-refractivity contribution is 8.05. The molecule has 15 heavy (non-hydrogen) atoms. The van der Waals surface area contributed by atoms with E-state index in [0.717, 1.165) is 0 Å². The van der Waals surface area contributed by atoms with Crippen LogP contribution >= 0.6 is 0 Å². The van der Waals surface area contributed by atoms with Gasteiger partial charge in [0.2, 0.25) is 0 Å². The molecule has 1 aliphatic rings. The standard InChI is InChI=1S/C4H5F4NO4S2/c5-3(6)1-2-4(7,8)15(12,13)9-14(3,10)11/h9H,1-2H2. The van der Waals surface area contributed by atoms with Crippen molar-refractivity contribution in [1.29, 1.82) is 0 Å². The van der Waals surface area contributed by atoms with E-state index in [2.05, 4.69) is 0 Å². The number of nitrogens with one attached hydrogen (secondary N) is 1. The minimum atomic E-state index is -5.63. The highest BCUT2D eigenvalue weighted by Crippen LogP contribution is 2.38. The van der Waals surface area contributed by atoms with Crippen LogP contribution in [0.3, 0.4) is 0 Å². The van der Waals surface area contributed by atoms with Crippen LogP contribution in [-0.4, -0.2) is 27.3 Å². The summed E-state index contributed by atoms with van der Waals surface area (Å²) in [6, 6.07) is 0. The summed E-state index contributed by atoms with van der Waals surface area (Å²) in [6.07, 6.45) is -3.51. The monoisotopic (exact) mass is 271 g/mol. The van der Waals surface area contributed by atoms with Crippen molar-refractivity contribution in [1.82, 2.24) is 4.13 Å². The molecule has 1 rings (SSSR count). The first-order chi connectivity index (χ1) is 6.41. The van der Waals surface area contributed by atoms with E-state index in [9.17, 15) is 34.4 Å². The quantitative estimate of drug-likeness (QED) is 0.639. The van der Waals surface area contributed by atoms with Crippen molar-refractivity contribution in [3.63, 3.8) is 0 Å². The average Bonchev–Trinajstić information content (AvgIpc) is 2.00. The van der Waals surface area contributed by atoms with Gasteiger partial charge in [0, 0.05) is 12.8 Å². The van der Waals surface area contributed by atoms with Crippen molar-refractivity contribution in [3.8, 4) is 0 Å². The predicted molar refractivity (Wildman–Crippen MR) is 40.1 cm³/mol. The van der Waals surface area contributed by atoms with E-state index in [1.807, 2.05) is 0 Å². The summed E-state index contributed by atoms with van der Waals surface area (Å²) in [4.78, 5) is 0. The fourth-order valence-corrected chi connectivity index (χ4v) is 3.70. The lowest BCUT2D eigenvalue weighted by atomic mass is 10.3. The molecular formula is C4H5F4NO4S2. The lowest BCUT2D eigenvalue weighted by Gasteiger charge is -2.11. The Bertz CT molecular complexity index is 423. The van der Waals surface area contributed by atoms with Crippen LogP contribution in [-0.2, 0) is 20.0 Å². The topological polar surface area (TPSA) is 80.3 Å². The molecule has 1 N–H and O–H groups in total. The number of sulfonamides is 2. The zero-order valence-electron chi connectivity index (χ0n) is 6.88. The molecule has 0 aromatic rings. The van der Waals surface area contributed by atoms with Crippen LogP contribution in [0.1, 0.15) is 12.8 Å². The molecule has 1 saturated heterocycles. The van der Waals surface area contributed by atoms with Crippen molar-refractivity contribution in [3.05, 3.63) is 0 Å². The fourth-order valence-electron chi connectivity index (χ4n) is 0.826. The highest BCUT2D eigenvalue weighted by Gasteiger charge is 2.59. The third-order valence-electron chi connectivity index (χ3n) is 1.71. The van der Waals surface area contributed by atoms with E-state index in [-0.39, 0.29) is 0 Å². The van der Waals surface area contributed by atoms with Gasteiger partial charge in [-0.2, -0.15) is 17.6 Å². The van der Waals surface area contributed by atoms with Crippen molar-refractivity contribution in [2.24, 2.45) is 0 Å². The first-order valence-corrected chi connectivity index (χ1v) is 6.41. The van der Waals surface area contributed by atoms with Gasteiger partial charge in [-0.15, -0.1) is 0 Å². The maximum Gasteiger partial charge on any atom is 0.360 e. The lowest BCUT2D eigenvalue weighted by molar-refractivity contribution is 0.0309. The van der Waals surface area contributed by atoms with Crippen LogP contribution in [0.2, 0.25) is 0 Å². The van der Waals surface area contributed by atoms with Crippen LogP contribution < -0.4 is 4.13 Å². The van der Waals surface area contributed by atoms with E-state index in [0.29, 0.717) is 4.13 Å². The van der Waals surface area contributed by atoms with E-state index in [4.69, 9.17) is 0 Å². The van der Waals surface area contributed by atoms with Gasteiger partial charge in [0.15, 0.2) is 0 Å². The summed E-state index contributed by atoms with van der Waals surface area (Å²) >= 11 is 0. The molecule has 0 unspecified atom stereocenters. The molecule has 5 nitrogen and oxygen atoms in total. The largest absolute Gasteiger partial charge is 0.360 e. The molecule has 1 heterocycles. The molecule has 0 aliphatic carbocycles. The first-order valence-electron chi connectivity index (χ1n) is 3.45. The molecule has 0 amide bonds. The molecule has 11 heteroatoms. The van der Waals surface area contributed by atoms with Crippen LogP contribution in [0.15, 0.2) is 0 Å². The van der Waals surface area contributed by atoms with E-state index < -0.39 is 43.4 Å². The van der Waals surface area contributed by atoms with Crippen molar-refractivity contribution in [2.75, 3.05) is 0 Å². The smallest absolute Gasteiger partial charge is 0.205 e. The second kappa shape index (κ2) is 3.04. The minimum absolute atomic E-state index is 0.319. The summed E-state index contributed by atoms with van der Waals surface area (Å²) in [7, 11) is -11.3. The van der Waals surface area contributed by atoms with Gasteiger partial charge in [0.1, 0.15) is 0 Å². The number of hydrogen-bond acceptors (Lipinski definition) is 4. The van der Waals surface area contributed by atoms with E-state index >= 15 is 0 Å². The average molecular weight is 271 g/mol. The Balaban J connectivity index is 3.36. The zero-order valence-corrected chi connectivity index (χ0v) is 8.51. The van der Waals surface area contributed by atoms with Gasteiger partial charge in [0.05, 0.1) is 0 Å². The Morgan fingerprint density at radius 2 is 1.07 bits per heavy atom. The maximum absolute atomic E-state index is 12.7. The molecular weight excluding hydrogens is 266 g/mol. The Labute approximate surface area is 82.6 Å². The summed E-state index contributed by atoms with van der Waals surface area (Å²) in [5.41, 5.74) is 0. The normalized spacial score (nSPS) is 31.7. The number of hydrogen-bond donors (Lipinski definition) is 1. The number of rotatable bonds is 0. The summed E-state index contributed by atoms with van der Waals surface area (Å²) < 4.78 is 93.7. The molecule has 1 fully saturated rings. The second-order valence-corrected chi connectivity index (χ2v) is 6.74. The minimum Gasteiger partial charge on any atom is -0.205 e. The number of halogens is 4. The first kappa shape index (κ1) is 12.6. The van der Waals surface area contributed by atoms with E-state index in [1.165, 1.54) is 0 Å². The van der Waals surface area contributed by atoms with Crippen molar-refractivity contribution < 1.29 is 34.4 Å². The summed E-state index contributed by atoms with van der Waals surface area (Å²) in [5, 5.41) is -9.06. The zero-order chi connectivity index (χ0) is 12.1. The van der Waals surface area contributed by atoms with E-state index in [1.54, 1.807) is 0 Å². The third-order valence-corrected chi connectivity index (χ3v) is 5.45. The van der Waals surface area contributed by atoms with Gasteiger partial charge in [0.25, 0.3) is 20.0 Å².